The molecule has 0 atom stereocenters. The van der Waals surface area contributed by atoms with Gasteiger partial charge in [0.2, 0.25) is 0 Å². The van der Waals surface area contributed by atoms with Crippen molar-refractivity contribution in [3.8, 4) is 0 Å². The van der Waals surface area contributed by atoms with Crippen molar-refractivity contribution in [1.29, 1.82) is 0 Å². The van der Waals surface area contributed by atoms with Gasteiger partial charge in [-0.05, 0) is 0 Å². The Kier molecular flexibility index (Phi) is 5.43. The molecule has 0 amide bonds. The maximum Gasteiger partial charge on any atom is 0.526 e. The second kappa shape index (κ2) is 5.65. The SMILES string of the molecule is O=C(COP(=O)(O)O)CC(=O)OP(=O)(O)O. The molecular formula is C4H8O10P2. The first-order valence-electron chi connectivity index (χ1n) is 3.49. The lowest BCUT2D eigenvalue weighted by molar-refractivity contribution is -0.139. The van der Waals surface area contributed by atoms with Gasteiger partial charge in [-0.2, -0.15) is 0 Å². The van der Waals surface area contributed by atoms with Crippen molar-refractivity contribution in [2.75, 3.05) is 6.61 Å². The van der Waals surface area contributed by atoms with Crippen LogP contribution in [0.5, 0.6) is 0 Å². The summed E-state index contributed by atoms with van der Waals surface area (Å²) in [5.41, 5.74) is 0. The van der Waals surface area contributed by atoms with Gasteiger partial charge in [-0.15, -0.1) is 0 Å². The number of hydrogen-bond donors (Lipinski definition) is 4. The summed E-state index contributed by atoms with van der Waals surface area (Å²) >= 11 is 0. The standard InChI is InChI=1S/C4H8O10P2/c5-3(2-13-15(7,8)9)1-4(6)14-16(10,11)12/h1-2H2,(H2,7,8,9)(H2,10,11,12). The van der Waals surface area contributed by atoms with E-state index >= 15 is 0 Å². The van der Waals surface area contributed by atoms with E-state index in [2.05, 4.69) is 9.05 Å². The van der Waals surface area contributed by atoms with E-state index in [-0.39, 0.29) is 0 Å². The molecule has 0 aliphatic rings. The molecule has 4 N–H and O–H groups in total. The molecule has 0 rings (SSSR count). The van der Waals surface area contributed by atoms with Gasteiger partial charge in [0.25, 0.3) is 0 Å². The minimum Gasteiger partial charge on any atom is -0.370 e. The molecule has 94 valence electrons. The Balaban J connectivity index is 4.03. The molecule has 0 heterocycles. The van der Waals surface area contributed by atoms with Gasteiger partial charge in [0.15, 0.2) is 5.78 Å². The van der Waals surface area contributed by atoms with Gasteiger partial charge in [-0.25, -0.2) is 9.13 Å². The van der Waals surface area contributed by atoms with Crippen LogP contribution in [-0.4, -0.2) is 37.9 Å². The van der Waals surface area contributed by atoms with E-state index in [0.29, 0.717) is 0 Å². The molecule has 0 bridgehead atoms. The highest BCUT2D eigenvalue weighted by molar-refractivity contribution is 7.47. The molecule has 16 heavy (non-hydrogen) atoms. The Morgan fingerprint density at radius 3 is 1.88 bits per heavy atom. The van der Waals surface area contributed by atoms with Gasteiger partial charge < -0.3 is 14.3 Å². The zero-order valence-corrected chi connectivity index (χ0v) is 9.34. The number of rotatable bonds is 6. The van der Waals surface area contributed by atoms with Gasteiger partial charge in [0.05, 0.1) is 0 Å². The van der Waals surface area contributed by atoms with E-state index in [9.17, 15) is 18.7 Å². The summed E-state index contributed by atoms with van der Waals surface area (Å²) in [6.45, 7) is -1.07. The van der Waals surface area contributed by atoms with Crippen molar-refractivity contribution >= 4 is 27.4 Å². The van der Waals surface area contributed by atoms with Crippen LogP contribution in [0.4, 0.5) is 0 Å². The minimum absolute atomic E-state index is 1.06. The van der Waals surface area contributed by atoms with Crippen LogP contribution in [0.15, 0.2) is 0 Å². The summed E-state index contributed by atoms with van der Waals surface area (Å²) in [4.78, 5) is 54.1. The molecule has 0 aromatic heterocycles. The van der Waals surface area contributed by atoms with Gasteiger partial charge in [-0.1, -0.05) is 0 Å². The first kappa shape index (κ1) is 15.4. The maximum absolute atomic E-state index is 10.8. The Morgan fingerprint density at radius 1 is 1.00 bits per heavy atom. The molecule has 0 aliphatic heterocycles. The lowest BCUT2D eigenvalue weighted by atomic mass is 10.3. The largest absolute Gasteiger partial charge is 0.526 e. The maximum atomic E-state index is 10.8. The Bertz CT molecular complexity index is 361. The summed E-state index contributed by atoms with van der Waals surface area (Å²) in [6, 6.07) is 0. The predicted molar refractivity (Wildman–Crippen MR) is 45.8 cm³/mol. The number of phosphoric ester groups is 2. The Labute approximate surface area is 88.7 Å². The van der Waals surface area contributed by atoms with Gasteiger partial charge in [-0.3, -0.25) is 23.9 Å². The summed E-state index contributed by atoms with van der Waals surface area (Å²) in [7, 11) is -9.86. The molecule has 0 aliphatic carbocycles. The summed E-state index contributed by atoms with van der Waals surface area (Å²) < 4.78 is 27.5. The molecule has 12 heteroatoms. The molecule has 0 spiro atoms. The molecule has 10 nitrogen and oxygen atoms in total. The number of carbonyl (C=O) groups excluding carboxylic acids is 2. The normalized spacial score (nSPS) is 12.2. The third-order valence-corrected chi connectivity index (χ3v) is 1.86. The van der Waals surface area contributed by atoms with Crippen LogP contribution in [0.3, 0.4) is 0 Å². The number of ketones is 1. The van der Waals surface area contributed by atoms with Crippen LogP contribution in [0, 0.1) is 0 Å². The Morgan fingerprint density at radius 2 is 1.50 bits per heavy atom. The molecule has 0 radical (unpaired) electrons. The smallest absolute Gasteiger partial charge is 0.370 e. The molecule has 0 saturated heterocycles. The number of carbonyl (C=O) groups is 2. The van der Waals surface area contributed by atoms with Gasteiger partial charge in [0, 0.05) is 0 Å². The minimum atomic E-state index is -5.03. The monoisotopic (exact) mass is 278 g/mol. The first-order valence-corrected chi connectivity index (χ1v) is 6.55. The molecular weight excluding hydrogens is 270 g/mol. The molecule has 0 unspecified atom stereocenters. The highest BCUT2D eigenvalue weighted by atomic mass is 31.2. The van der Waals surface area contributed by atoms with E-state index in [0.717, 1.165) is 0 Å². The molecule has 0 saturated carbocycles. The first-order chi connectivity index (χ1) is 6.99. The van der Waals surface area contributed by atoms with Crippen molar-refractivity contribution in [2.24, 2.45) is 0 Å². The second-order valence-electron chi connectivity index (χ2n) is 2.43. The summed E-state index contributed by atoms with van der Waals surface area (Å²) in [5, 5.41) is 0. The van der Waals surface area contributed by atoms with E-state index in [4.69, 9.17) is 19.6 Å². The average molecular weight is 278 g/mol. The second-order valence-corrected chi connectivity index (χ2v) is 4.84. The lowest BCUT2D eigenvalue weighted by Gasteiger charge is -2.05. The third kappa shape index (κ3) is 9.94. The van der Waals surface area contributed by atoms with Crippen molar-refractivity contribution in [1.82, 2.24) is 0 Å². The van der Waals surface area contributed by atoms with Crippen LogP contribution in [0.25, 0.3) is 0 Å². The van der Waals surface area contributed by atoms with Crippen LogP contribution >= 0.6 is 15.6 Å². The number of hydrogen-bond acceptors (Lipinski definition) is 6. The summed E-state index contributed by atoms with van der Waals surface area (Å²) in [6.07, 6.45) is -1.06. The molecule has 0 aromatic rings. The average Bonchev–Trinajstić information content (AvgIpc) is 1.95. The van der Waals surface area contributed by atoms with Crippen LogP contribution < -0.4 is 0 Å². The van der Waals surface area contributed by atoms with E-state index in [1.165, 1.54) is 0 Å². The molecule has 0 fully saturated rings. The third-order valence-electron chi connectivity index (χ3n) is 0.956. The zero-order chi connectivity index (χ0) is 13.0. The molecule has 0 aromatic carbocycles. The van der Waals surface area contributed by atoms with E-state index in [1.807, 2.05) is 0 Å². The van der Waals surface area contributed by atoms with E-state index in [1.54, 1.807) is 0 Å². The van der Waals surface area contributed by atoms with Crippen molar-refractivity contribution in [3.63, 3.8) is 0 Å². The highest BCUT2D eigenvalue weighted by Crippen LogP contribution is 2.37. The quantitative estimate of drug-likeness (QED) is 0.338. The van der Waals surface area contributed by atoms with Crippen molar-refractivity contribution < 1.29 is 47.3 Å². The fourth-order valence-corrected chi connectivity index (χ4v) is 1.17. The fraction of sp³-hybridized carbons (Fsp3) is 0.500. The van der Waals surface area contributed by atoms with Crippen LogP contribution in [0.2, 0.25) is 0 Å². The van der Waals surface area contributed by atoms with Crippen molar-refractivity contribution in [3.05, 3.63) is 0 Å². The topological polar surface area (TPSA) is 168 Å². The van der Waals surface area contributed by atoms with Gasteiger partial charge >= 0.3 is 21.6 Å². The summed E-state index contributed by atoms with van der Waals surface area (Å²) in [5.74, 6) is -2.62. The lowest BCUT2D eigenvalue weighted by Crippen LogP contribution is -2.14. The number of Topliss-reactive ketones (excluding diaryl/α,β-unsaturated/α-hetero) is 1. The Hall–Kier alpha value is -0.600. The number of phosphoric acid groups is 2. The fourth-order valence-electron chi connectivity index (χ4n) is 0.533. The van der Waals surface area contributed by atoms with Crippen LogP contribution in [0.1, 0.15) is 6.42 Å². The van der Waals surface area contributed by atoms with Crippen molar-refractivity contribution in [2.45, 2.75) is 6.42 Å². The van der Waals surface area contributed by atoms with E-state index < -0.39 is 40.4 Å². The predicted octanol–water partition coefficient (Wildman–Crippen LogP) is -1.31. The van der Waals surface area contributed by atoms with Crippen LogP contribution in [-0.2, 0) is 27.8 Å². The van der Waals surface area contributed by atoms with Gasteiger partial charge in [0.1, 0.15) is 13.0 Å². The zero-order valence-electron chi connectivity index (χ0n) is 7.55. The highest BCUT2D eigenvalue weighted by Gasteiger charge is 2.23.